The van der Waals surface area contributed by atoms with Crippen LogP contribution in [0.25, 0.3) is 0 Å². The van der Waals surface area contributed by atoms with Crippen molar-refractivity contribution in [1.29, 1.82) is 0 Å². The Morgan fingerprint density at radius 3 is 2.31 bits per heavy atom. The number of ether oxygens (including phenoxy) is 1. The van der Waals surface area contributed by atoms with Gasteiger partial charge in [0.15, 0.2) is 0 Å². The van der Waals surface area contributed by atoms with Crippen LogP contribution in [0, 0.1) is 0 Å². The van der Waals surface area contributed by atoms with Crippen LogP contribution < -0.4 is 0 Å². The molecule has 8 heteroatoms. The van der Waals surface area contributed by atoms with Gasteiger partial charge < -0.3 is 18.7 Å². The van der Waals surface area contributed by atoms with Crippen molar-refractivity contribution in [3.8, 4) is 0 Å². The quantitative estimate of drug-likeness (QED) is 0.480. The second-order valence-electron chi connectivity index (χ2n) is 7.43. The number of fused-ring (bicyclic) bond motifs is 1. The molecule has 1 amide bonds. The Kier molecular flexibility index (Phi) is 7.14. The van der Waals surface area contributed by atoms with Gasteiger partial charge in [-0.25, -0.2) is 4.79 Å². The van der Waals surface area contributed by atoms with Gasteiger partial charge in [-0.1, -0.05) is 12.1 Å². The van der Waals surface area contributed by atoms with E-state index in [1.807, 2.05) is 17.0 Å². The molecule has 3 atom stereocenters. The maximum Gasteiger partial charge on any atom is 0.343 e. The summed E-state index contributed by atoms with van der Waals surface area (Å²) in [7, 11) is -2.16. The molecule has 29 heavy (non-hydrogen) atoms. The monoisotopic (exact) mass is 423 g/mol. The highest BCUT2D eigenvalue weighted by atomic mass is 31.2. The molecular formula is C21H30NO6P. The molecule has 0 saturated carbocycles. The van der Waals surface area contributed by atoms with E-state index in [1.54, 1.807) is 26.0 Å². The predicted molar refractivity (Wildman–Crippen MR) is 109 cm³/mol. The Labute approximate surface area is 172 Å². The van der Waals surface area contributed by atoms with Gasteiger partial charge in [-0.3, -0.25) is 9.36 Å². The summed E-state index contributed by atoms with van der Waals surface area (Å²) >= 11 is 0. The van der Waals surface area contributed by atoms with E-state index in [0.717, 1.165) is 31.2 Å². The fraction of sp³-hybridized carbons (Fsp3) is 0.619. The second-order valence-corrected chi connectivity index (χ2v) is 9.65. The van der Waals surface area contributed by atoms with Crippen LogP contribution in [-0.4, -0.2) is 48.8 Å². The smallest absolute Gasteiger partial charge is 0.343 e. The van der Waals surface area contributed by atoms with Gasteiger partial charge in [-0.2, -0.15) is 0 Å². The number of esters is 1. The van der Waals surface area contributed by atoms with Crippen molar-refractivity contribution in [1.82, 2.24) is 4.90 Å². The number of rotatable bonds is 7. The van der Waals surface area contributed by atoms with E-state index in [1.165, 1.54) is 7.11 Å². The van der Waals surface area contributed by atoms with Crippen LogP contribution in [0.1, 0.15) is 67.9 Å². The van der Waals surface area contributed by atoms with Crippen LogP contribution in [0.2, 0.25) is 0 Å². The average molecular weight is 423 g/mol. The van der Waals surface area contributed by atoms with Crippen molar-refractivity contribution in [2.45, 2.75) is 63.7 Å². The number of hydrogen-bond acceptors (Lipinski definition) is 6. The molecule has 0 bridgehead atoms. The molecule has 2 aliphatic rings. The number of methoxy groups -OCH3 is 1. The molecule has 2 saturated heterocycles. The lowest BCUT2D eigenvalue weighted by molar-refractivity contribution is -0.142. The van der Waals surface area contributed by atoms with Gasteiger partial charge >= 0.3 is 13.6 Å². The van der Waals surface area contributed by atoms with Gasteiger partial charge in [-0.15, -0.1) is 0 Å². The average Bonchev–Trinajstić information content (AvgIpc) is 2.73. The van der Waals surface area contributed by atoms with Crippen molar-refractivity contribution < 1.29 is 27.9 Å². The van der Waals surface area contributed by atoms with Crippen LogP contribution in [0.5, 0.6) is 0 Å². The molecule has 1 aromatic rings. The van der Waals surface area contributed by atoms with Gasteiger partial charge in [0.25, 0.3) is 0 Å². The lowest BCUT2D eigenvalue weighted by atomic mass is 9.85. The zero-order chi connectivity index (χ0) is 21.0. The molecule has 2 aliphatic heterocycles. The largest absolute Gasteiger partial charge is 0.465 e. The fourth-order valence-electron chi connectivity index (χ4n) is 4.50. The van der Waals surface area contributed by atoms with E-state index < -0.39 is 13.3 Å². The Morgan fingerprint density at radius 2 is 1.72 bits per heavy atom. The molecule has 0 N–H and O–H groups in total. The first-order valence-corrected chi connectivity index (χ1v) is 12.0. The van der Waals surface area contributed by atoms with Crippen molar-refractivity contribution in [2.24, 2.45) is 0 Å². The van der Waals surface area contributed by atoms with E-state index in [2.05, 4.69) is 0 Å². The lowest BCUT2D eigenvalue weighted by Crippen LogP contribution is -2.53. The van der Waals surface area contributed by atoms with E-state index in [0.29, 0.717) is 12.0 Å². The minimum atomic E-state index is -3.51. The van der Waals surface area contributed by atoms with Crippen molar-refractivity contribution in [3.05, 3.63) is 35.4 Å². The number of amides is 1. The SMILES string of the molecule is CCOP(=O)(OCC)C1CC[C@H]2CCC[C@@H](c3ccc(C(=O)OC)cc3)N2C1=O. The van der Waals surface area contributed by atoms with E-state index in [-0.39, 0.29) is 37.2 Å². The fourth-order valence-corrected chi connectivity index (χ4v) is 6.52. The number of carbonyl (C=O) groups excluding carboxylic acids is 2. The van der Waals surface area contributed by atoms with Gasteiger partial charge in [-0.05, 0) is 63.6 Å². The number of piperidine rings is 2. The second kappa shape index (κ2) is 9.41. The summed E-state index contributed by atoms with van der Waals surface area (Å²) in [6.45, 7) is 3.99. The molecule has 1 unspecified atom stereocenters. The van der Waals surface area contributed by atoms with E-state index in [4.69, 9.17) is 13.8 Å². The molecule has 160 valence electrons. The Bertz CT molecular complexity index is 770. The highest BCUT2D eigenvalue weighted by molar-refractivity contribution is 7.55. The molecule has 0 aromatic heterocycles. The first-order valence-electron chi connectivity index (χ1n) is 10.3. The summed E-state index contributed by atoms with van der Waals surface area (Å²) < 4.78 is 29.0. The lowest BCUT2D eigenvalue weighted by Gasteiger charge is -2.48. The van der Waals surface area contributed by atoms with Gasteiger partial charge in [0.05, 0.1) is 31.9 Å². The Balaban J connectivity index is 1.88. The summed E-state index contributed by atoms with van der Waals surface area (Å²) in [5.74, 6) is -0.533. The number of nitrogens with zero attached hydrogens (tertiary/aromatic N) is 1. The summed E-state index contributed by atoms with van der Waals surface area (Å²) in [6, 6.07) is 7.23. The third-order valence-electron chi connectivity index (χ3n) is 5.77. The molecule has 2 heterocycles. The molecule has 1 aromatic carbocycles. The first-order chi connectivity index (χ1) is 13.9. The normalized spacial score (nSPS) is 24.9. The van der Waals surface area contributed by atoms with Crippen molar-refractivity contribution in [2.75, 3.05) is 20.3 Å². The number of carbonyl (C=O) groups is 2. The van der Waals surface area contributed by atoms with E-state index in [9.17, 15) is 14.2 Å². The zero-order valence-electron chi connectivity index (χ0n) is 17.3. The third kappa shape index (κ3) is 4.42. The first kappa shape index (κ1) is 22.0. The molecule has 3 rings (SSSR count). The van der Waals surface area contributed by atoms with Crippen molar-refractivity contribution >= 4 is 19.5 Å². The molecule has 2 fully saturated rings. The van der Waals surface area contributed by atoms with Gasteiger partial charge in [0, 0.05) is 6.04 Å². The molecule has 0 radical (unpaired) electrons. The van der Waals surface area contributed by atoms with Crippen LogP contribution in [-0.2, 0) is 23.1 Å². The molecular weight excluding hydrogens is 393 g/mol. The van der Waals surface area contributed by atoms with Crippen LogP contribution >= 0.6 is 7.60 Å². The van der Waals surface area contributed by atoms with Crippen LogP contribution in [0.3, 0.4) is 0 Å². The van der Waals surface area contributed by atoms with Crippen molar-refractivity contribution in [3.63, 3.8) is 0 Å². The van der Waals surface area contributed by atoms with Crippen LogP contribution in [0.15, 0.2) is 24.3 Å². The zero-order valence-corrected chi connectivity index (χ0v) is 18.2. The minimum absolute atomic E-state index is 0.104. The maximum atomic E-state index is 13.5. The maximum absolute atomic E-state index is 13.5. The number of benzene rings is 1. The number of hydrogen-bond donors (Lipinski definition) is 0. The predicted octanol–water partition coefficient (Wildman–Crippen LogP) is 4.32. The topological polar surface area (TPSA) is 82.1 Å². The molecule has 0 spiro atoms. The van der Waals surface area contributed by atoms with E-state index >= 15 is 0 Å². The Morgan fingerprint density at radius 1 is 1.07 bits per heavy atom. The summed E-state index contributed by atoms with van der Waals surface area (Å²) in [5, 5.41) is 0. The Hall–Kier alpha value is -1.69. The van der Waals surface area contributed by atoms with Gasteiger partial charge in [0.1, 0.15) is 5.66 Å². The molecule has 7 nitrogen and oxygen atoms in total. The van der Waals surface area contributed by atoms with Crippen LogP contribution in [0.4, 0.5) is 0 Å². The highest BCUT2D eigenvalue weighted by Crippen LogP contribution is 2.57. The minimum Gasteiger partial charge on any atom is -0.465 e. The summed E-state index contributed by atoms with van der Waals surface area (Å²) in [5.41, 5.74) is 0.691. The standard InChI is InChI=1S/C21H30NO6P/c1-4-27-29(25,28-5-2)19-14-13-17-7-6-8-18(22(17)20(19)23)15-9-11-16(12-10-15)21(24)26-3/h9-12,17-19H,4-8,13-14H2,1-3H3/t17-,18+,19?/m1/s1. The highest BCUT2D eigenvalue weighted by Gasteiger charge is 2.50. The molecule has 0 aliphatic carbocycles. The van der Waals surface area contributed by atoms with Gasteiger partial charge in [0.2, 0.25) is 5.91 Å². The summed E-state index contributed by atoms with van der Waals surface area (Å²) in [6.07, 6.45) is 4.11. The third-order valence-corrected chi connectivity index (χ3v) is 8.25. The summed E-state index contributed by atoms with van der Waals surface area (Å²) in [4.78, 5) is 27.1.